The van der Waals surface area contributed by atoms with E-state index in [1.165, 1.54) is 12.8 Å². The number of amides is 1. The summed E-state index contributed by atoms with van der Waals surface area (Å²) in [5.41, 5.74) is 5.44. The lowest BCUT2D eigenvalue weighted by molar-refractivity contribution is -0.141. The van der Waals surface area contributed by atoms with E-state index < -0.39 is 0 Å². The molecule has 0 aromatic heterocycles. The molecule has 86 valence electrons. The molecule has 2 fully saturated rings. The Labute approximate surface area is 90.8 Å². The van der Waals surface area contributed by atoms with Crippen LogP contribution >= 0.6 is 0 Å². The van der Waals surface area contributed by atoms with Crippen LogP contribution in [0.4, 0.5) is 0 Å². The van der Waals surface area contributed by atoms with Crippen LogP contribution in [-0.2, 0) is 9.53 Å². The van der Waals surface area contributed by atoms with Crippen LogP contribution in [0.25, 0.3) is 0 Å². The average Bonchev–Trinajstić information content (AvgIpc) is 2.30. The normalized spacial score (nSPS) is 25.5. The van der Waals surface area contributed by atoms with Gasteiger partial charge < -0.3 is 15.4 Å². The van der Waals surface area contributed by atoms with Gasteiger partial charge in [-0.15, -0.1) is 0 Å². The van der Waals surface area contributed by atoms with Crippen molar-refractivity contribution < 1.29 is 9.53 Å². The molecule has 0 aliphatic carbocycles. The lowest BCUT2D eigenvalue weighted by atomic mass is 9.84. The molecule has 0 saturated carbocycles. The van der Waals surface area contributed by atoms with Gasteiger partial charge in [-0.05, 0) is 32.1 Å². The van der Waals surface area contributed by atoms with Crippen LogP contribution in [0.5, 0.6) is 0 Å². The summed E-state index contributed by atoms with van der Waals surface area (Å²) in [7, 11) is 0. The minimum absolute atomic E-state index is 0.0701. The van der Waals surface area contributed by atoms with Crippen molar-refractivity contribution in [1.82, 2.24) is 4.90 Å². The first-order chi connectivity index (χ1) is 7.26. The van der Waals surface area contributed by atoms with Crippen LogP contribution in [-0.4, -0.2) is 42.6 Å². The van der Waals surface area contributed by atoms with Crippen LogP contribution in [0.3, 0.4) is 0 Å². The van der Waals surface area contributed by atoms with Crippen LogP contribution in [0.1, 0.15) is 32.1 Å². The molecule has 0 aromatic rings. The maximum absolute atomic E-state index is 11.4. The van der Waals surface area contributed by atoms with Gasteiger partial charge in [-0.1, -0.05) is 0 Å². The zero-order chi connectivity index (χ0) is 10.7. The van der Waals surface area contributed by atoms with Crippen LogP contribution in [0, 0.1) is 0 Å². The molecule has 0 unspecified atom stereocenters. The fourth-order valence-corrected chi connectivity index (χ4v) is 2.60. The summed E-state index contributed by atoms with van der Waals surface area (Å²) in [6.07, 6.45) is 5.59. The first-order valence-electron chi connectivity index (χ1n) is 5.88. The summed E-state index contributed by atoms with van der Waals surface area (Å²) in [4.78, 5) is 13.3. The molecule has 1 spiro atoms. The summed E-state index contributed by atoms with van der Waals surface area (Å²) in [6, 6.07) is 0. The van der Waals surface area contributed by atoms with E-state index in [0.29, 0.717) is 0 Å². The third-order valence-corrected chi connectivity index (χ3v) is 3.64. The highest BCUT2D eigenvalue weighted by Crippen LogP contribution is 2.34. The summed E-state index contributed by atoms with van der Waals surface area (Å²) < 4.78 is 5.90. The number of nitrogens with zero attached hydrogens (tertiary/aromatic N) is 1. The second kappa shape index (κ2) is 4.49. The van der Waals surface area contributed by atoms with Crippen LogP contribution < -0.4 is 5.73 Å². The van der Waals surface area contributed by atoms with Gasteiger partial charge in [0, 0.05) is 19.7 Å². The Bertz CT molecular complexity index is 227. The Kier molecular flexibility index (Phi) is 3.26. The van der Waals surface area contributed by atoms with Gasteiger partial charge in [0.15, 0.2) is 0 Å². The Hall–Kier alpha value is -0.610. The van der Waals surface area contributed by atoms with E-state index >= 15 is 0 Å². The molecule has 0 radical (unpaired) electrons. The molecule has 2 heterocycles. The molecule has 2 aliphatic rings. The number of ether oxygens (including phenoxy) is 1. The zero-order valence-electron chi connectivity index (χ0n) is 9.21. The monoisotopic (exact) mass is 212 g/mol. The van der Waals surface area contributed by atoms with Crippen molar-refractivity contribution in [3.05, 3.63) is 0 Å². The molecular weight excluding hydrogens is 192 g/mol. The number of rotatable bonds is 1. The van der Waals surface area contributed by atoms with Crippen molar-refractivity contribution in [3.8, 4) is 0 Å². The highest BCUT2D eigenvalue weighted by atomic mass is 16.5. The number of nitrogens with two attached hydrogens (primary N) is 1. The molecule has 0 aromatic carbocycles. The van der Waals surface area contributed by atoms with Crippen molar-refractivity contribution >= 4 is 5.91 Å². The lowest BCUT2D eigenvalue weighted by Crippen LogP contribution is -2.50. The van der Waals surface area contributed by atoms with Gasteiger partial charge in [0.25, 0.3) is 0 Å². The SMILES string of the molecule is NCC(=O)N1CCC2(CCCCO2)CC1. The summed E-state index contributed by atoms with van der Waals surface area (Å²) in [5.74, 6) is 0.0701. The van der Waals surface area contributed by atoms with Gasteiger partial charge >= 0.3 is 0 Å². The van der Waals surface area contributed by atoms with E-state index in [0.717, 1.165) is 39.0 Å². The van der Waals surface area contributed by atoms with Crippen molar-refractivity contribution in [3.63, 3.8) is 0 Å². The highest BCUT2D eigenvalue weighted by molar-refractivity contribution is 5.78. The van der Waals surface area contributed by atoms with E-state index in [1.807, 2.05) is 4.90 Å². The summed E-state index contributed by atoms with van der Waals surface area (Å²) in [6.45, 7) is 2.66. The van der Waals surface area contributed by atoms with E-state index in [1.54, 1.807) is 0 Å². The Morgan fingerprint density at radius 3 is 2.53 bits per heavy atom. The lowest BCUT2D eigenvalue weighted by Gasteiger charge is -2.43. The fourth-order valence-electron chi connectivity index (χ4n) is 2.60. The topological polar surface area (TPSA) is 55.6 Å². The maximum Gasteiger partial charge on any atom is 0.236 e. The highest BCUT2D eigenvalue weighted by Gasteiger charge is 2.37. The van der Waals surface area contributed by atoms with Crippen molar-refractivity contribution in [2.45, 2.75) is 37.7 Å². The Balaban J connectivity index is 1.88. The van der Waals surface area contributed by atoms with Crippen molar-refractivity contribution in [2.75, 3.05) is 26.2 Å². The Morgan fingerprint density at radius 1 is 1.27 bits per heavy atom. The van der Waals surface area contributed by atoms with E-state index in [-0.39, 0.29) is 18.1 Å². The minimum atomic E-state index is 0.0701. The second-order valence-corrected chi connectivity index (χ2v) is 4.57. The zero-order valence-corrected chi connectivity index (χ0v) is 9.21. The second-order valence-electron chi connectivity index (χ2n) is 4.57. The smallest absolute Gasteiger partial charge is 0.236 e. The van der Waals surface area contributed by atoms with Gasteiger partial charge in [-0.3, -0.25) is 4.79 Å². The average molecular weight is 212 g/mol. The number of hydrogen-bond donors (Lipinski definition) is 1. The number of carbonyl (C=O) groups excluding carboxylic acids is 1. The van der Waals surface area contributed by atoms with Crippen LogP contribution in [0.2, 0.25) is 0 Å². The molecule has 4 heteroatoms. The summed E-state index contributed by atoms with van der Waals surface area (Å²) in [5, 5.41) is 0. The number of likely N-dealkylation sites (tertiary alicyclic amines) is 1. The first-order valence-corrected chi connectivity index (χ1v) is 5.88. The van der Waals surface area contributed by atoms with Crippen molar-refractivity contribution in [1.29, 1.82) is 0 Å². The standard InChI is InChI=1S/C11H20N2O2/c12-9-10(14)13-6-4-11(5-7-13)3-1-2-8-15-11/h1-9,12H2. The van der Waals surface area contributed by atoms with Gasteiger partial charge in [0.2, 0.25) is 5.91 Å². The molecule has 2 rings (SSSR count). The molecular formula is C11H20N2O2. The largest absolute Gasteiger partial charge is 0.375 e. The number of piperidine rings is 1. The van der Waals surface area contributed by atoms with Gasteiger partial charge in [-0.2, -0.15) is 0 Å². The predicted molar refractivity (Wildman–Crippen MR) is 57.4 cm³/mol. The molecule has 2 N–H and O–H groups in total. The van der Waals surface area contributed by atoms with Crippen molar-refractivity contribution in [2.24, 2.45) is 5.73 Å². The molecule has 2 saturated heterocycles. The van der Waals surface area contributed by atoms with Crippen LogP contribution in [0.15, 0.2) is 0 Å². The maximum atomic E-state index is 11.4. The van der Waals surface area contributed by atoms with E-state index in [4.69, 9.17) is 10.5 Å². The molecule has 0 atom stereocenters. The molecule has 1 amide bonds. The first kappa shape index (κ1) is 10.9. The third-order valence-electron chi connectivity index (χ3n) is 3.64. The number of carbonyl (C=O) groups is 1. The van der Waals surface area contributed by atoms with E-state index in [2.05, 4.69) is 0 Å². The summed E-state index contributed by atoms with van der Waals surface area (Å²) >= 11 is 0. The fraction of sp³-hybridized carbons (Fsp3) is 0.909. The molecule has 0 bridgehead atoms. The molecule has 4 nitrogen and oxygen atoms in total. The quantitative estimate of drug-likeness (QED) is 0.689. The van der Waals surface area contributed by atoms with E-state index in [9.17, 15) is 4.79 Å². The third kappa shape index (κ3) is 2.32. The number of hydrogen-bond acceptors (Lipinski definition) is 3. The van der Waals surface area contributed by atoms with Gasteiger partial charge in [0.05, 0.1) is 12.1 Å². The molecule has 15 heavy (non-hydrogen) atoms. The van der Waals surface area contributed by atoms with Gasteiger partial charge in [0.1, 0.15) is 0 Å². The molecule has 2 aliphatic heterocycles. The van der Waals surface area contributed by atoms with Gasteiger partial charge in [-0.25, -0.2) is 0 Å². The minimum Gasteiger partial charge on any atom is -0.375 e. The Morgan fingerprint density at radius 2 is 2.00 bits per heavy atom. The predicted octanol–water partition coefficient (Wildman–Crippen LogP) is 0.507.